The van der Waals surface area contributed by atoms with Crippen molar-refractivity contribution in [2.75, 3.05) is 13.2 Å². The van der Waals surface area contributed by atoms with Crippen LogP contribution in [0.4, 0.5) is 0 Å². The number of aryl methyl sites for hydroxylation is 1. The van der Waals surface area contributed by atoms with Crippen LogP contribution in [0.3, 0.4) is 0 Å². The zero-order valence-electron chi connectivity index (χ0n) is 13.4. The van der Waals surface area contributed by atoms with Crippen LogP contribution in [-0.2, 0) is 26.8 Å². The molecule has 0 saturated carbocycles. The predicted octanol–water partition coefficient (Wildman–Crippen LogP) is 0.802. The predicted molar refractivity (Wildman–Crippen MR) is 88.9 cm³/mol. The van der Waals surface area contributed by atoms with Crippen molar-refractivity contribution in [2.45, 2.75) is 13.0 Å². The molecule has 10 heteroatoms. The molecule has 0 aromatic carbocycles. The lowest BCUT2D eigenvalue weighted by Gasteiger charge is -2.32. The number of halogens is 1. The number of aromatic hydroxyl groups is 1. The van der Waals surface area contributed by atoms with E-state index in [1.807, 2.05) is 0 Å². The molecule has 25 heavy (non-hydrogen) atoms. The Morgan fingerprint density at radius 2 is 2.16 bits per heavy atom. The zero-order valence-corrected chi connectivity index (χ0v) is 15.0. The third-order valence-corrected chi connectivity index (χ3v) is 5.30. The molecule has 1 aromatic heterocycles. The molecule has 1 aliphatic heterocycles. The van der Waals surface area contributed by atoms with Gasteiger partial charge in [-0.15, -0.1) is 0 Å². The molecule has 1 saturated heterocycles. The SMILES string of the molecule is CC1C(OC2COC2)=C(Cl)C(C(=O)c2cnn(C)c2O)=CC1=S(=O)=O. The van der Waals surface area contributed by atoms with Gasteiger partial charge in [-0.05, 0) is 6.08 Å². The molecule has 1 aliphatic carbocycles. The van der Waals surface area contributed by atoms with Crippen LogP contribution in [0.15, 0.2) is 28.6 Å². The standard InChI is InChI=1S/C15H15ClN2O6S/c1-7-11(25(21)22)3-9(12(16)14(7)24-8-5-23-6-8)13(19)10-4-17-18(2)15(10)20/h3-4,7-8,20H,5-6H2,1-2H3. The molecule has 1 aromatic rings. The fourth-order valence-corrected chi connectivity index (χ4v) is 3.45. The zero-order chi connectivity index (χ0) is 18.3. The van der Waals surface area contributed by atoms with Crippen LogP contribution in [0, 0.1) is 5.92 Å². The van der Waals surface area contributed by atoms with Crippen molar-refractivity contribution in [3.8, 4) is 5.88 Å². The summed E-state index contributed by atoms with van der Waals surface area (Å²) in [6.45, 7) is 2.36. The minimum Gasteiger partial charge on any atom is -0.493 e. The molecule has 0 spiro atoms. The largest absolute Gasteiger partial charge is 0.493 e. The lowest BCUT2D eigenvalue weighted by Crippen LogP contribution is -2.38. The van der Waals surface area contributed by atoms with Crippen molar-refractivity contribution in [3.63, 3.8) is 0 Å². The van der Waals surface area contributed by atoms with Gasteiger partial charge in [0.25, 0.3) is 0 Å². The Balaban J connectivity index is 2.08. The normalized spacial score (nSPS) is 21.0. The van der Waals surface area contributed by atoms with Gasteiger partial charge in [-0.3, -0.25) is 4.79 Å². The Kier molecular flexibility index (Phi) is 4.72. The second-order valence-corrected chi connectivity index (χ2v) is 7.03. The summed E-state index contributed by atoms with van der Waals surface area (Å²) in [6, 6.07) is 0. The molecular weight excluding hydrogens is 372 g/mol. The summed E-state index contributed by atoms with van der Waals surface area (Å²) < 4.78 is 35.0. The number of allylic oxidation sites excluding steroid dienone is 4. The van der Waals surface area contributed by atoms with Gasteiger partial charge in [-0.2, -0.15) is 13.5 Å². The smallest absolute Gasteiger partial charge is 0.220 e. The number of ketones is 1. The summed E-state index contributed by atoms with van der Waals surface area (Å²) in [6.07, 6.45) is 2.15. The van der Waals surface area contributed by atoms with Crippen molar-refractivity contribution < 1.29 is 27.8 Å². The van der Waals surface area contributed by atoms with E-state index in [1.165, 1.54) is 19.3 Å². The second-order valence-electron chi connectivity index (χ2n) is 5.71. The molecule has 0 bridgehead atoms. The minimum absolute atomic E-state index is 0.0156. The summed E-state index contributed by atoms with van der Waals surface area (Å²) in [5.74, 6) is -1.42. The number of carbonyl (C=O) groups is 1. The Labute approximate surface area is 149 Å². The Morgan fingerprint density at radius 3 is 2.64 bits per heavy atom. The van der Waals surface area contributed by atoms with Crippen LogP contribution in [0.1, 0.15) is 17.3 Å². The molecule has 0 amide bonds. The molecule has 3 rings (SSSR count). The average Bonchev–Trinajstić information content (AvgIpc) is 2.84. The monoisotopic (exact) mass is 386 g/mol. The lowest BCUT2D eigenvalue weighted by molar-refractivity contribution is -0.111. The molecule has 1 unspecified atom stereocenters. The summed E-state index contributed by atoms with van der Waals surface area (Å²) >= 11 is 6.34. The number of rotatable bonds is 4. The first kappa shape index (κ1) is 17.7. The maximum atomic E-state index is 12.7. The number of hydrogen-bond acceptors (Lipinski definition) is 7. The number of ether oxygens (including phenoxy) is 2. The van der Waals surface area contributed by atoms with E-state index < -0.39 is 22.0 Å². The van der Waals surface area contributed by atoms with Gasteiger partial charge in [0.2, 0.25) is 22.0 Å². The van der Waals surface area contributed by atoms with Gasteiger partial charge in [-0.25, -0.2) is 4.68 Å². The Morgan fingerprint density at radius 1 is 1.48 bits per heavy atom. The summed E-state index contributed by atoms with van der Waals surface area (Å²) in [4.78, 5) is 12.7. The van der Waals surface area contributed by atoms with E-state index in [2.05, 4.69) is 5.10 Å². The highest BCUT2D eigenvalue weighted by molar-refractivity contribution is 7.73. The van der Waals surface area contributed by atoms with E-state index >= 15 is 0 Å². The first-order valence-electron chi connectivity index (χ1n) is 7.39. The van der Waals surface area contributed by atoms with Crippen LogP contribution in [0.5, 0.6) is 5.88 Å². The van der Waals surface area contributed by atoms with Crippen LogP contribution in [0.25, 0.3) is 0 Å². The van der Waals surface area contributed by atoms with Crippen LogP contribution >= 0.6 is 11.6 Å². The number of Topliss-reactive ketones (excluding diaryl/α,β-unsaturated/α-hetero) is 1. The third kappa shape index (κ3) is 3.10. The van der Waals surface area contributed by atoms with Crippen LogP contribution in [0.2, 0.25) is 0 Å². The van der Waals surface area contributed by atoms with E-state index in [4.69, 9.17) is 21.1 Å². The summed E-state index contributed by atoms with van der Waals surface area (Å²) in [5, 5.41) is 13.7. The molecule has 1 atom stereocenters. The van der Waals surface area contributed by atoms with E-state index in [1.54, 1.807) is 6.92 Å². The molecular formula is C15H15ClN2O6S. The molecule has 134 valence electrons. The van der Waals surface area contributed by atoms with Crippen LogP contribution in [-0.4, -0.2) is 53.3 Å². The van der Waals surface area contributed by atoms with Crippen molar-refractivity contribution in [3.05, 3.63) is 34.2 Å². The van der Waals surface area contributed by atoms with Crippen molar-refractivity contribution in [1.29, 1.82) is 0 Å². The second kappa shape index (κ2) is 6.66. The highest BCUT2D eigenvalue weighted by atomic mass is 35.5. The Bertz CT molecular complexity index is 931. The Hall–Kier alpha value is -2.10. The topological polar surface area (TPSA) is 108 Å². The van der Waals surface area contributed by atoms with E-state index in [9.17, 15) is 18.3 Å². The lowest BCUT2D eigenvalue weighted by atomic mass is 9.92. The van der Waals surface area contributed by atoms with Gasteiger partial charge in [0.1, 0.15) is 17.4 Å². The van der Waals surface area contributed by atoms with Crippen molar-refractivity contribution in [2.24, 2.45) is 13.0 Å². The van der Waals surface area contributed by atoms with Gasteiger partial charge < -0.3 is 14.6 Å². The van der Waals surface area contributed by atoms with E-state index in [-0.39, 0.29) is 38.8 Å². The summed E-state index contributed by atoms with van der Waals surface area (Å²) in [7, 11) is -1.09. The van der Waals surface area contributed by atoms with Gasteiger partial charge in [0.05, 0.1) is 35.2 Å². The molecule has 2 heterocycles. The highest BCUT2D eigenvalue weighted by Crippen LogP contribution is 2.36. The molecule has 1 N–H and O–H groups in total. The van der Waals surface area contributed by atoms with E-state index in [0.717, 1.165) is 4.68 Å². The molecule has 0 radical (unpaired) electrons. The number of hydrogen-bond donors (Lipinski definition) is 1. The maximum absolute atomic E-state index is 12.7. The van der Waals surface area contributed by atoms with Crippen LogP contribution < -0.4 is 0 Å². The quantitative estimate of drug-likeness (QED) is 0.602. The highest BCUT2D eigenvalue weighted by Gasteiger charge is 2.35. The van der Waals surface area contributed by atoms with Gasteiger partial charge in [-0.1, -0.05) is 18.5 Å². The van der Waals surface area contributed by atoms with Gasteiger partial charge >= 0.3 is 0 Å². The van der Waals surface area contributed by atoms with Crippen molar-refractivity contribution in [1.82, 2.24) is 9.78 Å². The number of nitrogens with zero attached hydrogens (tertiary/aromatic N) is 2. The van der Waals surface area contributed by atoms with E-state index in [0.29, 0.717) is 13.2 Å². The molecule has 1 fully saturated rings. The first-order valence-corrected chi connectivity index (χ1v) is 8.84. The average molecular weight is 387 g/mol. The fraction of sp³-hybridized carbons (Fsp3) is 0.400. The number of aromatic nitrogens is 2. The summed E-state index contributed by atoms with van der Waals surface area (Å²) in [5.41, 5.74) is -0.152. The maximum Gasteiger partial charge on any atom is 0.220 e. The van der Waals surface area contributed by atoms with Crippen molar-refractivity contribution >= 4 is 32.5 Å². The number of carbonyl (C=O) groups excluding carboxylic acids is 1. The fourth-order valence-electron chi connectivity index (χ4n) is 2.49. The molecule has 2 aliphatic rings. The third-order valence-electron chi connectivity index (χ3n) is 4.05. The minimum atomic E-state index is -2.56. The van der Waals surface area contributed by atoms with Gasteiger partial charge in [0, 0.05) is 12.6 Å². The van der Waals surface area contributed by atoms with Gasteiger partial charge in [0.15, 0.2) is 0 Å². The first-order chi connectivity index (χ1) is 11.8. The molecule has 8 nitrogen and oxygen atoms in total.